The first-order valence-corrected chi connectivity index (χ1v) is 6.63. The molecule has 0 radical (unpaired) electrons. The Bertz CT molecular complexity index is 378. The zero-order chi connectivity index (χ0) is 12.8. The molecule has 5 heteroatoms. The minimum atomic E-state index is -0.596. The standard InChI is InChI=1S/C13H21N3O2/c1-2-18-12-9-14-8-11(16-12)15-10-13(17)6-4-3-5-7-13/h8-9,17H,2-7,10H2,1H3,(H,15,16). The highest BCUT2D eigenvalue weighted by Crippen LogP contribution is 2.28. The van der Waals surface area contributed by atoms with Gasteiger partial charge in [0, 0.05) is 6.54 Å². The predicted molar refractivity (Wildman–Crippen MR) is 69.7 cm³/mol. The molecule has 1 aliphatic rings. The summed E-state index contributed by atoms with van der Waals surface area (Å²) in [6, 6.07) is 0. The predicted octanol–water partition coefficient (Wildman–Crippen LogP) is 1.98. The first-order valence-electron chi connectivity index (χ1n) is 6.63. The van der Waals surface area contributed by atoms with Gasteiger partial charge in [-0.05, 0) is 19.8 Å². The zero-order valence-electron chi connectivity index (χ0n) is 10.9. The van der Waals surface area contributed by atoms with Crippen molar-refractivity contribution < 1.29 is 9.84 Å². The summed E-state index contributed by atoms with van der Waals surface area (Å²) in [7, 11) is 0. The molecule has 0 bridgehead atoms. The highest BCUT2D eigenvalue weighted by Gasteiger charge is 2.28. The summed E-state index contributed by atoms with van der Waals surface area (Å²) in [5, 5.41) is 13.5. The van der Waals surface area contributed by atoms with Gasteiger partial charge in [0.25, 0.3) is 0 Å². The third kappa shape index (κ3) is 3.57. The van der Waals surface area contributed by atoms with E-state index in [0.717, 1.165) is 25.7 Å². The van der Waals surface area contributed by atoms with Gasteiger partial charge in [-0.1, -0.05) is 19.3 Å². The van der Waals surface area contributed by atoms with E-state index in [9.17, 15) is 5.11 Å². The summed E-state index contributed by atoms with van der Waals surface area (Å²) in [5.41, 5.74) is -0.596. The van der Waals surface area contributed by atoms with Crippen LogP contribution in [0, 0.1) is 0 Å². The molecule has 2 rings (SSSR count). The summed E-state index contributed by atoms with van der Waals surface area (Å²) >= 11 is 0. The van der Waals surface area contributed by atoms with Crippen LogP contribution in [0.25, 0.3) is 0 Å². The molecule has 18 heavy (non-hydrogen) atoms. The summed E-state index contributed by atoms with van der Waals surface area (Å²) < 4.78 is 5.29. The average molecular weight is 251 g/mol. The molecule has 2 N–H and O–H groups in total. The second-order valence-electron chi connectivity index (χ2n) is 4.81. The van der Waals surface area contributed by atoms with E-state index in [1.54, 1.807) is 12.4 Å². The van der Waals surface area contributed by atoms with Crippen LogP contribution in [0.5, 0.6) is 5.88 Å². The van der Waals surface area contributed by atoms with E-state index in [0.29, 0.717) is 24.8 Å². The van der Waals surface area contributed by atoms with Gasteiger partial charge in [0.2, 0.25) is 5.88 Å². The minimum Gasteiger partial charge on any atom is -0.477 e. The van der Waals surface area contributed by atoms with Crippen LogP contribution in [0.15, 0.2) is 12.4 Å². The molecule has 0 atom stereocenters. The van der Waals surface area contributed by atoms with Crippen molar-refractivity contribution in [2.24, 2.45) is 0 Å². The summed E-state index contributed by atoms with van der Waals surface area (Å²) in [4.78, 5) is 8.33. The fraction of sp³-hybridized carbons (Fsp3) is 0.692. The molecule has 0 amide bonds. The summed E-state index contributed by atoms with van der Waals surface area (Å²) in [6.07, 6.45) is 8.38. The SMILES string of the molecule is CCOc1cncc(NCC2(O)CCCCC2)n1. The Morgan fingerprint density at radius 1 is 1.33 bits per heavy atom. The average Bonchev–Trinajstić information content (AvgIpc) is 2.38. The van der Waals surface area contributed by atoms with Crippen molar-refractivity contribution in [2.45, 2.75) is 44.6 Å². The van der Waals surface area contributed by atoms with Crippen molar-refractivity contribution in [2.75, 3.05) is 18.5 Å². The molecular weight excluding hydrogens is 230 g/mol. The van der Waals surface area contributed by atoms with Crippen LogP contribution in [-0.4, -0.2) is 33.8 Å². The van der Waals surface area contributed by atoms with Gasteiger partial charge in [0.15, 0.2) is 0 Å². The monoisotopic (exact) mass is 251 g/mol. The number of rotatable bonds is 5. The van der Waals surface area contributed by atoms with E-state index in [4.69, 9.17) is 4.74 Å². The van der Waals surface area contributed by atoms with Crippen LogP contribution in [0.2, 0.25) is 0 Å². The lowest BCUT2D eigenvalue weighted by molar-refractivity contribution is 0.0166. The molecular formula is C13H21N3O2. The molecule has 1 aromatic rings. The van der Waals surface area contributed by atoms with Gasteiger partial charge in [-0.25, -0.2) is 0 Å². The van der Waals surface area contributed by atoms with Crippen LogP contribution in [-0.2, 0) is 0 Å². The Hall–Kier alpha value is -1.36. The van der Waals surface area contributed by atoms with E-state index in [-0.39, 0.29) is 0 Å². The molecule has 0 aliphatic heterocycles. The van der Waals surface area contributed by atoms with Gasteiger partial charge in [0.05, 0.1) is 24.6 Å². The van der Waals surface area contributed by atoms with Gasteiger partial charge < -0.3 is 15.2 Å². The molecule has 5 nitrogen and oxygen atoms in total. The van der Waals surface area contributed by atoms with E-state index in [2.05, 4.69) is 15.3 Å². The van der Waals surface area contributed by atoms with Crippen LogP contribution < -0.4 is 10.1 Å². The van der Waals surface area contributed by atoms with Crippen molar-refractivity contribution in [3.63, 3.8) is 0 Å². The molecule has 0 saturated heterocycles. The molecule has 1 fully saturated rings. The number of aliphatic hydroxyl groups is 1. The fourth-order valence-electron chi connectivity index (χ4n) is 2.29. The first kappa shape index (κ1) is 13.1. The maximum atomic E-state index is 10.4. The number of nitrogens with one attached hydrogen (secondary N) is 1. The largest absolute Gasteiger partial charge is 0.477 e. The number of ether oxygens (including phenoxy) is 1. The van der Waals surface area contributed by atoms with Gasteiger partial charge in [-0.3, -0.25) is 4.98 Å². The fourth-order valence-corrected chi connectivity index (χ4v) is 2.29. The maximum absolute atomic E-state index is 10.4. The third-order valence-electron chi connectivity index (χ3n) is 3.29. The lowest BCUT2D eigenvalue weighted by atomic mass is 9.85. The first-order chi connectivity index (χ1) is 8.72. The van der Waals surface area contributed by atoms with E-state index >= 15 is 0 Å². The lowest BCUT2D eigenvalue weighted by Gasteiger charge is -2.32. The Kier molecular flexibility index (Phi) is 4.36. The van der Waals surface area contributed by atoms with Crippen LogP contribution in [0.1, 0.15) is 39.0 Å². The molecule has 0 unspecified atom stereocenters. The van der Waals surface area contributed by atoms with E-state index < -0.39 is 5.60 Å². The van der Waals surface area contributed by atoms with Crippen molar-refractivity contribution >= 4 is 5.82 Å². The summed E-state index contributed by atoms with van der Waals surface area (Å²) in [6.45, 7) is 3.01. The van der Waals surface area contributed by atoms with Crippen LogP contribution in [0.3, 0.4) is 0 Å². The van der Waals surface area contributed by atoms with Crippen molar-refractivity contribution in [1.82, 2.24) is 9.97 Å². The second-order valence-corrected chi connectivity index (χ2v) is 4.81. The Morgan fingerprint density at radius 3 is 2.83 bits per heavy atom. The van der Waals surface area contributed by atoms with E-state index in [1.807, 2.05) is 6.92 Å². The minimum absolute atomic E-state index is 0.512. The number of anilines is 1. The third-order valence-corrected chi connectivity index (χ3v) is 3.29. The van der Waals surface area contributed by atoms with Gasteiger partial charge in [-0.2, -0.15) is 4.98 Å². The number of nitrogens with zero attached hydrogens (tertiary/aromatic N) is 2. The molecule has 0 spiro atoms. The molecule has 0 aromatic carbocycles. The molecule has 1 heterocycles. The Labute approximate surface area is 108 Å². The van der Waals surface area contributed by atoms with Gasteiger partial charge >= 0.3 is 0 Å². The Balaban J connectivity index is 1.90. The number of aromatic nitrogens is 2. The maximum Gasteiger partial charge on any atom is 0.234 e. The quantitative estimate of drug-likeness (QED) is 0.837. The van der Waals surface area contributed by atoms with Gasteiger partial charge in [0.1, 0.15) is 5.82 Å². The lowest BCUT2D eigenvalue weighted by Crippen LogP contribution is -2.38. The topological polar surface area (TPSA) is 67.3 Å². The highest BCUT2D eigenvalue weighted by atomic mass is 16.5. The van der Waals surface area contributed by atoms with E-state index in [1.165, 1.54) is 6.42 Å². The van der Waals surface area contributed by atoms with Crippen molar-refractivity contribution in [3.05, 3.63) is 12.4 Å². The molecule has 100 valence electrons. The van der Waals surface area contributed by atoms with Crippen molar-refractivity contribution in [1.29, 1.82) is 0 Å². The normalized spacial score (nSPS) is 18.3. The van der Waals surface area contributed by atoms with Gasteiger partial charge in [-0.15, -0.1) is 0 Å². The number of hydrogen-bond acceptors (Lipinski definition) is 5. The van der Waals surface area contributed by atoms with Crippen LogP contribution >= 0.6 is 0 Å². The molecule has 1 saturated carbocycles. The molecule has 1 aliphatic carbocycles. The smallest absolute Gasteiger partial charge is 0.234 e. The van der Waals surface area contributed by atoms with Crippen LogP contribution in [0.4, 0.5) is 5.82 Å². The highest BCUT2D eigenvalue weighted by molar-refractivity contribution is 5.33. The van der Waals surface area contributed by atoms with Crippen molar-refractivity contribution in [3.8, 4) is 5.88 Å². The molecule has 1 aromatic heterocycles. The second kappa shape index (κ2) is 6.00. The Morgan fingerprint density at radius 2 is 2.11 bits per heavy atom. The number of hydrogen-bond donors (Lipinski definition) is 2. The summed E-state index contributed by atoms with van der Waals surface area (Å²) in [5.74, 6) is 1.16. The zero-order valence-corrected chi connectivity index (χ0v) is 10.9.